The minimum atomic E-state index is 0. The SMILES string of the molecule is Cl.Cl.Nc1ccc2ocnc2c1. The highest BCUT2D eigenvalue weighted by atomic mass is 35.5. The van der Waals surface area contributed by atoms with Crippen molar-refractivity contribution in [2.24, 2.45) is 0 Å². The molecule has 0 spiro atoms. The van der Waals surface area contributed by atoms with Crippen molar-refractivity contribution in [3.8, 4) is 0 Å². The van der Waals surface area contributed by atoms with Gasteiger partial charge < -0.3 is 10.2 Å². The van der Waals surface area contributed by atoms with Crippen molar-refractivity contribution < 1.29 is 4.42 Å². The molecule has 0 aliphatic carbocycles. The van der Waals surface area contributed by atoms with Gasteiger partial charge in [0, 0.05) is 5.69 Å². The summed E-state index contributed by atoms with van der Waals surface area (Å²) >= 11 is 0. The quantitative estimate of drug-likeness (QED) is 0.674. The number of anilines is 1. The Morgan fingerprint density at radius 3 is 2.75 bits per heavy atom. The Bertz CT molecular complexity index is 361. The Labute approximate surface area is 81.8 Å². The molecule has 0 unspecified atom stereocenters. The first-order valence-corrected chi connectivity index (χ1v) is 2.95. The van der Waals surface area contributed by atoms with Crippen LogP contribution < -0.4 is 5.73 Å². The van der Waals surface area contributed by atoms with E-state index in [0.717, 1.165) is 11.1 Å². The number of nitrogens with zero attached hydrogens (tertiary/aromatic N) is 1. The monoisotopic (exact) mass is 206 g/mol. The molecule has 3 nitrogen and oxygen atoms in total. The smallest absolute Gasteiger partial charge is 0.181 e. The number of benzene rings is 1. The van der Waals surface area contributed by atoms with Crippen molar-refractivity contribution in [1.82, 2.24) is 4.98 Å². The van der Waals surface area contributed by atoms with Crippen molar-refractivity contribution >= 4 is 41.6 Å². The van der Waals surface area contributed by atoms with Crippen LogP contribution in [0.5, 0.6) is 0 Å². The van der Waals surface area contributed by atoms with Gasteiger partial charge in [-0.1, -0.05) is 0 Å². The average Bonchev–Trinajstić information content (AvgIpc) is 2.33. The molecule has 1 aromatic heterocycles. The van der Waals surface area contributed by atoms with E-state index in [0.29, 0.717) is 5.69 Å². The average molecular weight is 207 g/mol. The van der Waals surface area contributed by atoms with Gasteiger partial charge in [0.2, 0.25) is 0 Å². The fraction of sp³-hybridized carbons (Fsp3) is 0. The molecule has 0 saturated carbocycles. The van der Waals surface area contributed by atoms with Gasteiger partial charge in [0.25, 0.3) is 0 Å². The fourth-order valence-electron chi connectivity index (χ4n) is 0.875. The molecule has 0 atom stereocenters. The maximum atomic E-state index is 5.50. The molecule has 0 aliphatic heterocycles. The largest absolute Gasteiger partial charge is 0.443 e. The van der Waals surface area contributed by atoms with Crippen LogP contribution in [-0.2, 0) is 0 Å². The van der Waals surface area contributed by atoms with Gasteiger partial charge in [0.15, 0.2) is 12.0 Å². The Morgan fingerprint density at radius 2 is 2.00 bits per heavy atom. The van der Waals surface area contributed by atoms with Crippen molar-refractivity contribution in [3.05, 3.63) is 24.6 Å². The van der Waals surface area contributed by atoms with Crippen LogP contribution in [0.3, 0.4) is 0 Å². The summed E-state index contributed by atoms with van der Waals surface area (Å²) in [6.07, 6.45) is 1.41. The summed E-state index contributed by atoms with van der Waals surface area (Å²) < 4.78 is 5.01. The van der Waals surface area contributed by atoms with Crippen LogP contribution in [-0.4, -0.2) is 4.98 Å². The van der Waals surface area contributed by atoms with E-state index in [2.05, 4.69) is 4.98 Å². The van der Waals surface area contributed by atoms with Crippen LogP contribution >= 0.6 is 24.8 Å². The third kappa shape index (κ3) is 1.81. The Morgan fingerprint density at radius 1 is 1.25 bits per heavy atom. The number of hydrogen-bond donors (Lipinski definition) is 1. The topological polar surface area (TPSA) is 52.0 Å². The molecule has 12 heavy (non-hydrogen) atoms. The zero-order valence-electron chi connectivity index (χ0n) is 6.06. The van der Waals surface area contributed by atoms with Gasteiger partial charge in [-0.3, -0.25) is 0 Å². The minimum absolute atomic E-state index is 0. The summed E-state index contributed by atoms with van der Waals surface area (Å²) in [7, 11) is 0. The molecule has 66 valence electrons. The second kappa shape index (κ2) is 4.18. The van der Waals surface area contributed by atoms with Crippen LogP contribution in [0.4, 0.5) is 5.69 Å². The minimum Gasteiger partial charge on any atom is -0.443 e. The molecular weight excluding hydrogens is 199 g/mol. The fourth-order valence-corrected chi connectivity index (χ4v) is 0.875. The molecular formula is C7H8Cl2N2O. The molecule has 5 heteroatoms. The summed E-state index contributed by atoms with van der Waals surface area (Å²) in [4.78, 5) is 3.93. The van der Waals surface area contributed by atoms with Gasteiger partial charge in [-0.25, -0.2) is 4.98 Å². The van der Waals surface area contributed by atoms with Gasteiger partial charge in [0.05, 0.1) is 0 Å². The maximum Gasteiger partial charge on any atom is 0.181 e. The third-order valence-corrected chi connectivity index (χ3v) is 1.35. The predicted molar refractivity (Wildman–Crippen MR) is 52.9 cm³/mol. The van der Waals surface area contributed by atoms with Crippen LogP contribution in [0.2, 0.25) is 0 Å². The van der Waals surface area contributed by atoms with Gasteiger partial charge in [-0.15, -0.1) is 24.8 Å². The van der Waals surface area contributed by atoms with Crippen LogP contribution in [0.1, 0.15) is 0 Å². The molecule has 0 saturated heterocycles. The first-order chi connectivity index (χ1) is 4.86. The molecule has 2 aromatic rings. The first kappa shape index (κ1) is 11.1. The number of halogens is 2. The van der Waals surface area contributed by atoms with E-state index in [-0.39, 0.29) is 24.8 Å². The summed E-state index contributed by atoms with van der Waals surface area (Å²) in [6, 6.07) is 5.37. The third-order valence-electron chi connectivity index (χ3n) is 1.35. The molecule has 0 aliphatic rings. The van der Waals surface area contributed by atoms with E-state index >= 15 is 0 Å². The number of nitrogen functional groups attached to an aromatic ring is 1. The number of nitrogens with two attached hydrogens (primary N) is 1. The normalized spacial score (nSPS) is 8.67. The Hall–Kier alpha value is -0.930. The first-order valence-electron chi connectivity index (χ1n) is 2.95. The lowest BCUT2D eigenvalue weighted by Crippen LogP contribution is -1.81. The highest BCUT2D eigenvalue weighted by molar-refractivity contribution is 5.85. The molecule has 0 fully saturated rings. The number of hydrogen-bond acceptors (Lipinski definition) is 3. The zero-order valence-corrected chi connectivity index (χ0v) is 7.69. The number of fused-ring (bicyclic) bond motifs is 1. The van der Waals surface area contributed by atoms with Crippen molar-refractivity contribution in [1.29, 1.82) is 0 Å². The highest BCUT2D eigenvalue weighted by Crippen LogP contribution is 2.14. The van der Waals surface area contributed by atoms with E-state index in [1.165, 1.54) is 6.39 Å². The van der Waals surface area contributed by atoms with Gasteiger partial charge in [-0.2, -0.15) is 0 Å². The second-order valence-corrected chi connectivity index (χ2v) is 2.08. The van der Waals surface area contributed by atoms with E-state index in [4.69, 9.17) is 10.2 Å². The lowest BCUT2D eigenvalue weighted by molar-refractivity contribution is 0.602. The summed E-state index contributed by atoms with van der Waals surface area (Å²) in [5, 5.41) is 0. The van der Waals surface area contributed by atoms with Crippen molar-refractivity contribution in [2.75, 3.05) is 5.73 Å². The molecule has 0 radical (unpaired) electrons. The zero-order chi connectivity index (χ0) is 6.97. The number of aromatic nitrogens is 1. The lowest BCUT2D eigenvalue weighted by atomic mass is 10.3. The maximum absolute atomic E-state index is 5.50. The summed E-state index contributed by atoms with van der Waals surface area (Å²) in [5.74, 6) is 0. The van der Waals surface area contributed by atoms with Crippen molar-refractivity contribution in [3.63, 3.8) is 0 Å². The molecule has 2 rings (SSSR count). The number of oxazole rings is 1. The summed E-state index contributed by atoms with van der Waals surface area (Å²) in [6.45, 7) is 0. The van der Waals surface area contributed by atoms with Gasteiger partial charge >= 0.3 is 0 Å². The van der Waals surface area contributed by atoms with E-state index < -0.39 is 0 Å². The summed E-state index contributed by atoms with van der Waals surface area (Å²) in [5.41, 5.74) is 7.79. The van der Waals surface area contributed by atoms with E-state index in [1.807, 2.05) is 0 Å². The van der Waals surface area contributed by atoms with Crippen molar-refractivity contribution in [2.45, 2.75) is 0 Å². The standard InChI is InChI=1S/C7H6N2O.2ClH/c8-5-1-2-7-6(3-5)9-4-10-7;;/h1-4H,8H2;2*1H. The molecule has 2 N–H and O–H groups in total. The Kier molecular flexibility index (Phi) is 3.86. The van der Waals surface area contributed by atoms with E-state index in [1.54, 1.807) is 18.2 Å². The predicted octanol–water partition coefficient (Wildman–Crippen LogP) is 2.25. The molecule has 0 amide bonds. The molecule has 1 aromatic carbocycles. The van der Waals surface area contributed by atoms with Gasteiger partial charge in [0.1, 0.15) is 5.52 Å². The van der Waals surface area contributed by atoms with Crippen LogP contribution in [0.25, 0.3) is 11.1 Å². The second-order valence-electron chi connectivity index (χ2n) is 2.08. The lowest BCUT2D eigenvalue weighted by Gasteiger charge is -1.88. The van der Waals surface area contributed by atoms with Gasteiger partial charge in [-0.05, 0) is 18.2 Å². The Balaban J connectivity index is 0.000000605. The highest BCUT2D eigenvalue weighted by Gasteiger charge is 1.95. The van der Waals surface area contributed by atoms with Crippen LogP contribution in [0, 0.1) is 0 Å². The number of rotatable bonds is 0. The van der Waals surface area contributed by atoms with E-state index in [9.17, 15) is 0 Å². The molecule has 1 heterocycles. The molecule has 0 bridgehead atoms. The van der Waals surface area contributed by atoms with Crippen LogP contribution in [0.15, 0.2) is 29.0 Å².